The third kappa shape index (κ3) is 2.43. The fraction of sp³-hybridized carbons (Fsp3) is 0.0556. The Bertz CT molecular complexity index is 987. The van der Waals surface area contributed by atoms with Crippen LogP contribution in [0.2, 0.25) is 5.02 Å². The van der Waals surface area contributed by atoms with Crippen molar-refractivity contribution >= 4 is 34.2 Å². The van der Waals surface area contributed by atoms with Crippen LogP contribution in [0.4, 0.5) is 4.39 Å². The van der Waals surface area contributed by atoms with Gasteiger partial charge in [-0.05, 0) is 36.8 Å². The van der Waals surface area contributed by atoms with Gasteiger partial charge in [-0.15, -0.1) is 0 Å². The highest BCUT2D eigenvalue weighted by molar-refractivity contribution is 6.34. The van der Waals surface area contributed by atoms with Crippen LogP contribution in [0.25, 0.3) is 10.9 Å². The van der Waals surface area contributed by atoms with Gasteiger partial charge in [0.15, 0.2) is 0 Å². The van der Waals surface area contributed by atoms with Crippen LogP contribution in [0.15, 0.2) is 49.1 Å². The average molecular weight is 343 g/mol. The molecular weight excluding hydrogens is 331 g/mol. The van der Waals surface area contributed by atoms with Gasteiger partial charge in [-0.1, -0.05) is 36.4 Å². The number of carbonyl (C=O) groups excluding carboxylic acids is 2. The van der Waals surface area contributed by atoms with Gasteiger partial charge in [-0.25, -0.2) is 4.39 Å². The van der Waals surface area contributed by atoms with Gasteiger partial charge in [0.2, 0.25) is 5.78 Å². The second-order valence-electron chi connectivity index (χ2n) is 5.20. The van der Waals surface area contributed by atoms with E-state index in [1.54, 1.807) is 25.1 Å². The maximum atomic E-state index is 14.2. The normalized spacial score (nSPS) is 10.8. The van der Waals surface area contributed by atoms with Crippen molar-refractivity contribution in [1.29, 1.82) is 0 Å². The number of carbonyl (C=O) groups is 2. The Hall–Kier alpha value is -2.79. The Kier molecular flexibility index (Phi) is 4.03. The van der Waals surface area contributed by atoms with E-state index in [0.717, 1.165) is 10.8 Å². The Morgan fingerprint density at radius 3 is 2.62 bits per heavy atom. The molecule has 120 valence electrons. The fourth-order valence-electron chi connectivity index (χ4n) is 2.56. The van der Waals surface area contributed by atoms with Crippen LogP contribution in [0.3, 0.4) is 0 Å². The van der Waals surface area contributed by atoms with Crippen molar-refractivity contribution in [3.63, 3.8) is 0 Å². The molecule has 0 atom stereocenters. The van der Waals surface area contributed by atoms with Crippen molar-refractivity contribution < 1.29 is 14.0 Å². The quantitative estimate of drug-likeness (QED) is 0.529. The lowest BCUT2D eigenvalue weighted by Gasteiger charge is -2.07. The summed E-state index contributed by atoms with van der Waals surface area (Å²) in [6, 6.07) is 9.23. The Labute approximate surface area is 142 Å². The van der Waals surface area contributed by atoms with Gasteiger partial charge < -0.3 is 0 Å². The summed E-state index contributed by atoms with van der Waals surface area (Å²) in [5.41, 5.74) is 0.954. The molecule has 0 amide bonds. The first-order valence-corrected chi connectivity index (χ1v) is 7.47. The van der Waals surface area contributed by atoms with Crippen LogP contribution in [0.1, 0.15) is 26.4 Å². The van der Waals surface area contributed by atoms with E-state index in [0.29, 0.717) is 5.56 Å². The Morgan fingerprint density at radius 2 is 1.96 bits per heavy atom. The lowest BCUT2D eigenvalue weighted by molar-refractivity contribution is 0.0949. The number of ketones is 1. The van der Waals surface area contributed by atoms with E-state index in [4.69, 9.17) is 11.6 Å². The number of aryl methyl sites for hydroxylation is 1. The maximum Gasteiger partial charge on any atom is 0.280 e. The summed E-state index contributed by atoms with van der Waals surface area (Å²) in [5.74, 6) is -1.73. The molecule has 0 unspecified atom stereocenters. The van der Waals surface area contributed by atoms with E-state index in [2.05, 4.69) is 11.7 Å². The van der Waals surface area contributed by atoms with Crippen LogP contribution in [0.5, 0.6) is 0 Å². The SMILES string of the molecule is C=CC(=O)c1nn(C(=O)c2c(C)cccc2Cl)c2cccc(F)c12. The van der Waals surface area contributed by atoms with Gasteiger partial charge in [0.05, 0.1) is 21.5 Å². The van der Waals surface area contributed by atoms with Crippen molar-refractivity contribution in [3.8, 4) is 0 Å². The molecule has 0 fully saturated rings. The van der Waals surface area contributed by atoms with E-state index in [1.807, 2.05) is 0 Å². The number of aromatic nitrogens is 2. The molecule has 0 aliphatic rings. The van der Waals surface area contributed by atoms with Gasteiger partial charge in [0.1, 0.15) is 11.5 Å². The molecule has 0 saturated heterocycles. The molecule has 0 N–H and O–H groups in total. The zero-order valence-electron chi connectivity index (χ0n) is 12.7. The van der Waals surface area contributed by atoms with E-state index >= 15 is 0 Å². The van der Waals surface area contributed by atoms with Crippen molar-refractivity contribution in [1.82, 2.24) is 9.78 Å². The Balaban J connectivity index is 2.31. The summed E-state index contributed by atoms with van der Waals surface area (Å²) in [7, 11) is 0. The molecule has 6 heteroatoms. The average Bonchev–Trinajstić information content (AvgIpc) is 2.95. The summed E-state index contributed by atoms with van der Waals surface area (Å²) < 4.78 is 15.2. The van der Waals surface area contributed by atoms with E-state index < -0.39 is 17.5 Å². The molecule has 24 heavy (non-hydrogen) atoms. The minimum absolute atomic E-state index is 0.0135. The first-order valence-electron chi connectivity index (χ1n) is 7.09. The minimum Gasteiger partial charge on any atom is -0.287 e. The standard InChI is InChI=1S/C18H12ClFN2O2/c1-3-14(23)17-16-12(20)8-5-9-13(16)22(21-17)18(24)15-10(2)6-4-7-11(15)19/h3-9H,1H2,2H3. The number of fused-ring (bicyclic) bond motifs is 1. The molecular formula is C18H12ClFN2O2. The van der Waals surface area contributed by atoms with Gasteiger partial charge in [-0.2, -0.15) is 9.78 Å². The maximum absolute atomic E-state index is 14.2. The van der Waals surface area contributed by atoms with E-state index in [1.165, 1.54) is 18.2 Å². The van der Waals surface area contributed by atoms with Crippen molar-refractivity contribution in [2.24, 2.45) is 0 Å². The van der Waals surface area contributed by atoms with Crippen molar-refractivity contribution in [2.75, 3.05) is 0 Å². The number of nitrogens with zero attached hydrogens (tertiary/aromatic N) is 2. The van der Waals surface area contributed by atoms with Gasteiger partial charge in [0.25, 0.3) is 5.91 Å². The van der Waals surface area contributed by atoms with Gasteiger partial charge in [-0.3, -0.25) is 9.59 Å². The van der Waals surface area contributed by atoms with Crippen molar-refractivity contribution in [2.45, 2.75) is 6.92 Å². The highest BCUT2D eigenvalue weighted by atomic mass is 35.5. The zero-order chi connectivity index (χ0) is 17.4. The lowest BCUT2D eigenvalue weighted by Crippen LogP contribution is -2.16. The van der Waals surface area contributed by atoms with Crippen LogP contribution in [-0.4, -0.2) is 21.5 Å². The number of halogens is 2. The molecule has 1 aromatic heterocycles. The molecule has 2 aromatic carbocycles. The molecule has 3 aromatic rings. The highest BCUT2D eigenvalue weighted by Gasteiger charge is 2.24. The number of hydrogen-bond donors (Lipinski definition) is 0. The molecule has 3 rings (SSSR count). The number of benzene rings is 2. The predicted molar refractivity (Wildman–Crippen MR) is 90.1 cm³/mol. The van der Waals surface area contributed by atoms with Crippen LogP contribution in [-0.2, 0) is 0 Å². The van der Waals surface area contributed by atoms with Crippen LogP contribution >= 0.6 is 11.6 Å². The molecule has 0 bridgehead atoms. The topological polar surface area (TPSA) is 52.0 Å². The molecule has 1 heterocycles. The second-order valence-corrected chi connectivity index (χ2v) is 5.61. The first kappa shape index (κ1) is 16.1. The largest absolute Gasteiger partial charge is 0.287 e. The van der Waals surface area contributed by atoms with E-state index in [-0.39, 0.29) is 27.2 Å². The third-order valence-electron chi connectivity index (χ3n) is 3.70. The van der Waals surface area contributed by atoms with Gasteiger partial charge >= 0.3 is 0 Å². The summed E-state index contributed by atoms with van der Waals surface area (Å²) in [6.07, 6.45) is 1.03. The lowest BCUT2D eigenvalue weighted by atomic mass is 10.1. The number of allylic oxidation sites excluding steroid dienone is 1. The van der Waals surface area contributed by atoms with Crippen LogP contribution in [0, 0.1) is 12.7 Å². The second kappa shape index (κ2) is 6.02. The summed E-state index contributed by atoms with van der Waals surface area (Å²) in [4.78, 5) is 24.9. The third-order valence-corrected chi connectivity index (χ3v) is 4.02. The smallest absolute Gasteiger partial charge is 0.280 e. The molecule has 0 saturated carbocycles. The Morgan fingerprint density at radius 1 is 1.25 bits per heavy atom. The van der Waals surface area contributed by atoms with Crippen molar-refractivity contribution in [3.05, 3.63) is 76.7 Å². The number of rotatable bonds is 3. The fourth-order valence-corrected chi connectivity index (χ4v) is 2.86. The van der Waals surface area contributed by atoms with Gasteiger partial charge in [0, 0.05) is 0 Å². The summed E-state index contributed by atoms with van der Waals surface area (Å²) >= 11 is 6.13. The van der Waals surface area contributed by atoms with E-state index in [9.17, 15) is 14.0 Å². The molecule has 0 spiro atoms. The molecule has 4 nitrogen and oxygen atoms in total. The summed E-state index contributed by atoms with van der Waals surface area (Å²) in [6.45, 7) is 5.12. The first-order chi connectivity index (χ1) is 11.5. The highest BCUT2D eigenvalue weighted by Crippen LogP contribution is 2.26. The predicted octanol–water partition coefficient (Wildman–Crippen LogP) is 4.19. The monoisotopic (exact) mass is 342 g/mol. The molecule has 0 aliphatic heterocycles. The molecule has 0 aliphatic carbocycles. The summed E-state index contributed by atoms with van der Waals surface area (Å²) in [5, 5.41) is 4.27. The number of hydrogen-bond acceptors (Lipinski definition) is 3. The zero-order valence-corrected chi connectivity index (χ0v) is 13.5. The minimum atomic E-state index is -0.632. The molecule has 0 radical (unpaired) electrons. The van der Waals surface area contributed by atoms with Crippen LogP contribution < -0.4 is 0 Å².